The van der Waals surface area contributed by atoms with Crippen LogP contribution in [-0.2, 0) is 11.3 Å². The quantitative estimate of drug-likeness (QED) is 0.600. The van der Waals surface area contributed by atoms with E-state index in [1.807, 2.05) is 31.3 Å². The lowest BCUT2D eigenvalue weighted by Gasteiger charge is -2.25. The Morgan fingerprint density at radius 3 is 2.56 bits per heavy atom. The van der Waals surface area contributed by atoms with Crippen LogP contribution in [0.5, 0.6) is 5.75 Å². The highest BCUT2D eigenvalue weighted by Crippen LogP contribution is 2.20. The van der Waals surface area contributed by atoms with Crippen molar-refractivity contribution in [3.8, 4) is 5.75 Å². The van der Waals surface area contributed by atoms with Gasteiger partial charge < -0.3 is 19.7 Å². The Balaban J connectivity index is 1.65. The van der Waals surface area contributed by atoms with Gasteiger partial charge in [0.2, 0.25) is 0 Å². The molecule has 1 atom stereocenters. The first kappa shape index (κ1) is 20.2. The van der Waals surface area contributed by atoms with E-state index in [0.29, 0.717) is 32.3 Å². The Morgan fingerprint density at radius 2 is 1.88 bits per heavy atom. The molecule has 0 saturated heterocycles. The molecule has 1 fully saturated rings. The fourth-order valence-electron chi connectivity index (χ4n) is 3.21. The molecule has 1 aromatic carbocycles. The third-order valence-electron chi connectivity index (χ3n) is 4.55. The van der Waals surface area contributed by atoms with Crippen molar-refractivity contribution in [2.75, 3.05) is 33.4 Å². The van der Waals surface area contributed by atoms with Crippen molar-refractivity contribution in [2.45, 2.75) is 57.3 Å². The summed E-state index contributed by atoms with van der Waals surface area (Å²) in [4.78, 5) is 2.11. The van der Waals surface area contributed by atoms with Crippen molar-refractivity contribution in [1.82, 2.24) is 4.90 Å². The molecular weight excluding hydrogens is 318 g/mol. The van der Waals surface area contributed by atoms with E-state index >= 15 is 0 Å². The van der Waals surface area contributed by atoms with Crippen LogP contribution in [0.3, 0.4) is 0 Å². The summed E-state index contributed by atoms with van der Waals surface area (Å²) in [6.45, 7) is 2.48. The minimum absolute atomic E-state index is 0.148. The fourth-order valence-corrected chi connectivity index (χ4v) is 3.21. The first-order chi connectivity index (χ1) is 12.2. The minimum Gasteiger partial charge on any atom is -0.494 e. The van der Waals surface area contributed by atoms with Crippen LogP contribution >= 0.6 is 0 Å². The number of ether oxygens (including phenoxy) is 2. The summed E-state index contributed by atoms with van der Waals surface area (Å²) in [6, 6.07) is 7.97. The van der Waals surface area contributed by atoms with E-state index in [1.165, 1.54) is 24.8 Å². The van der Waals surface area contributed by atoms with E-state index in [2.05, 4.69) is 4.90 Å². The van der Waals surface area contributed by atoms with Crippen LogP contribution in [0.2, 0.25) is 0 Å². The topological polar surface area (TPSA) is 62.2 Å². The molecule has 2 N–H and O–H groups in total. The van der Waals surface area contributed by atoms with Gasteiger partial charge in [-0.2, -0.15) is 0 Å². The molecule has 0 radical (unpaired) electrons. The van der Waals surface area contributed by atoms with E-state index in [0.717, 1.165) is 25.1 Å². The number of hydrogen-bond acceptors (Lipinski definition) is 5. The largest absolute Gasteiger partial charge is 0.494 e. The predicted octanol–water partition coefficient (Wildman–Crippen LogP) is 2.59. The molecule has 25 heavy (non-hydrogen) atoms. The van der Waals surface area contributed by atoms with Crippen LogP contribution in [-0.4, -0.2) is 60.7 Å². The minimum atomic E-state index is -0.451. The van der Waals surface area contributed by atoms with Crippen molar-refractivity contribution < 1.29 is 19.7 Å². The summed E-state index contributed by atoms with van der Waals surface area (Å²) >= 11 is 0. The van der Waals surface area contributed by atoms with Crippen molar-refractivity contribution in [3.63, 3.8) is 0 Å². The zero-order valence-corrected chi connectivity index (χ0v) is 15.4. The van der Waals surface area contributed by atoms with Crippen LogP contribution < -0.4 is 4.74 Å². The Hall–Kier alpha value is -1.14. The van der Waals surface area contributed by atoms with Gasteiger partial charge in [-0.3, -0.25) is 4.90 Å². The number of nitrogens with zero attached hydrogens (tertiary/aromatic N) is 1. The summed E-state index contributed by atoms with van der Waals surface area (Å²) in [5, 5.41) is 18.9. The van der Waals surface area contributed by atoms with Gasteiger partial charge in [0.15, 0.2) is 0 Å². The number of rotatable bonds is 11. The highest BCUT2D eigenvalue weighted by Gasteiger charge is 2.16. The molecule has 5 nitrogen and oxygen atoms in total. The second kappa shape index (κ2) is 11.5. The zero-order valence-electron chi connectivity index (χ0n) is 15.4. The molecule has 142 valence electrons. The number of hydrogen-bond donors (Lipinski definition) is 2. The molecule has 1 saturated carbocycles. The number of aliphatic hydroxyl groups is 2. The van der Waals surface area contributed by atoms with Gasteiger partial charge in [-0.05, 0) is 37.6 Å². The zero-order chi connectivity index (χ0) is 17.9. The summed E-state index contributed by atoms with van der Waals surface area (Å²) in [6.07, 6.45) is 6.62. The smallest absolute Gasteiger partial charge is 0.119 e. The lowest BCUT2D eigenvalue weighted by atomic mass is 9.98. The van der Waals surface area contributed by atoms with Gasteiger partial charge >= 0.3 is 0 Å². The molecule has 5 heteroatoms. The summed E-state index contributed by atoms with van der Waals surface area (Å²) < 4.78 is 11.4. The third-order valence-corrected chi connectivity index (χ3v) is 4.55. The number of aliphatic hydroxyl groups excluding tert-OH is 2. The van der Waals surface area contributed by atoms with Crippen LogP contribution in [0.1, 0.15) is 44.1 Å². The van der Waals surface area contributed by atoms with E-state index < -0.39 is 6.10 Å². The van der Waals surface area contributed by atoms with Crippen molar-refractivity contribution in [2.24, 2.45) is 0 Å². The monoisotopic (exact) mass is 351 g/mol. The van der Waals surface area contributed by atoms with E-state index in [1.54, 1.807) is 0 Å². The first-order valence-corrected chi connectivity index (χ1v) is 9.48. The molecule has 0 amide bonds. The lowest BCUT2D eigenvalue weighted by molar-refractivity contribution is -0.0319. The van der Waals surface area contributed by atoms with Crippen LogP contribution in [0, 0.1) is 0 Å². The average molecular weight is 351 g/mol. The highest BCUT2D eigenvalue weighted by atomic mass is 16.5. The van der Waals surface area contributed by atoms with Crippen LogP contribution in [0.25, 0.3) is 0 Å². The van der Waals surface area contributed by atoms with Gasteiger partial charge in [-0.25, -0.2) is 0 Å². The predicted molar refractivity (Wildman–Crippen MR) is 98.8 cm³/mol. The SMILES string of the molecule is CN(Cc1ccc(OCCCO)cc1)C[C@H](O)COC1CCCCC1. The van der Waals surface area contributed by atoms with E-state index in [9.17, 15) is 5.11 Å². The third kappa shape index (κ3) is 8.19. The molecule has 0 unspecified atom stereocenters. The van der Waals surface area contributed by atoms with Crippen molar-refractivity contribution in [1.29, 1.82) is 0 Å². The molecular formula is C20H33NO4. The maximum atomic E-state index is 10.2. The van der Waals surface area contributed by atoms with Crippen molar-refractivity contribution >= 4 is 0 Å². The first-order valence-electron chi connectivity index (χ1n) is 9.48. The number of likely N-dealkylation sites (N-methyl/N-ethyl adjacent to an activating group) is 1. The van der Waals surface area contributed by atoms with Gasteiger partial charge in [0, 0.05) is 26.1 Å². The maximum Gasteiger partial charge on any atom is 0.119 e. The second-order valence-electron chi connectivity index (χ2n) is 7.01. The summed E-state index contributed by atoms with van der Waals surface area (Å²) in [7, 11) is 2.01. The van der Waals surface area contributed by atoms with Gasteiger partial charge in [0.05, 0.1) is 25.4 Å². The molecule has 1 aliphatic rings. The molecule has 0 heterocycles. The molecule has 0 aromatic heterocycles. The number of benzene rings is 1. The molecule has 0 aliphatic heterocycles. The van der Waals surface area contributed by atoms with Gasteiger partial charge in [0.25, 0.3) is 0 Å². The molecule has 0 spiro atoms. The second-order valence-corrected chi connectivity index (χ2v) is 7.01. The Kier molecular flexibility index (Phi) is 9.26. The highest BCUT2D eigenvalue weighted by molar-refractivity contribution is 5.27. The molecule has 1 aliphatic carbocycles. The standard InChI is InChI=1S/C20H33NO4/c1-21(15-18(23)16-25-19-6-3-2-4-7-19)14-17-8-10-20(11-9-17)24-13-5-12-22/h8-11,18-19,22-23H,2-7,12-16H2,1H3/t18-/m0/s1. The fraction of sp³-hybridized carbons (Fsp3) is 0.700. The molecule has 2 rings (SSSR count). The average Bonchev–Trinajstić information content (AvgIpc) is 2.62. The van der Waals surface area contributed by atoms with Gasteiger partial charge in [0.1, 0.15) is 5.75 Å². The molecule has 0 bridgehead atoms. The summed E-state index contributed by atoms with van der Waals surface area (Å²) in [5.41, 5.74) is 1.18. The normalized spacial score (nSPS) is 17.0. The van der Waals surface area contributed by atoms with E-state index in [-0.39, 0.29) is 6.61 Å². The molecule has 1 aromatic rings. The lowest BCUT2D eigenvalue weighted by Crippen LogP contribution is -2.33. The van der Waals surface area contributed by atoms with Gasteiger partial charge in [-0.1, -0.05) is 31.4 Å². The van der Waals surface area contributed by atoms with Gasteiger partial charge in [-0.15, -0.1) is 0 Å². The maximum absolute atomic E-state index is 10.2. The van der Waals surface area contributed by atoms with E-state index in [4.69, 9.17) is 14.6 Å². The van der Waals surface area contributed by atoms with Crippen molar-refractivity contribution in [3.05, 3.63) is 29.8 Å². The summed E-state index contributed by atoms with van der Waals surface area (Å²) in [5.74, 6) is 0.820. The Labute approximate surface area is 151 Å². The van der Waals surface area contributed by atoms with Crippen LogP contribution in [0.4, 0.5) is 0 Å². The van der Waals surface area contributed by atoms with Crippen LogP contribution in [0.15, 0.2) is 24.3 Å². The Bertz CT molecular complexity index is 459. The Morgan fingerprint density at radius 1 is 1.16 bits per heavy atom.